The lowest BCUT2D eigenvalue weighted by atomic mass is 10.2. The number of benzene rings is 1. The van der Waals surface area contributed by atoms with Gasteiger partial charge in [-0.25, -0.2) is 0 Å². The van der Waals surface area contributed by atoms with Crippen LogP contribution in [0.15, 0.2) is 18.2 Å². The molecule has 0 aliphatic carbocycles. The Labute approximate surface area is 86.1 Å². The first-order valence-electron chi connectivity index (χ1n) is 5.17. The van der Waals surface area contributed by atoms with Crippen LogP contribution in [0.2, 0.25) is 0 Å². The zero-order valence-corrected chi connectivity index (χ0v) is 8.95. The minimum atomic E-state index is 1.14. The molecule has 0 spiro atoms. The predicted octanol–water partition coefficient (Wildman–Crippen LogP) is 1.55. The lowest BCUT2D eigenvalue weighted by molar-refractivity contribution is 0.313. The van der Waals surface area contributed by atoms with Crippen molar-refractivity contribution in [3.63, 3.8) is 0 Å². The van der Waals surface area contributed by atoms with Gasteiger partial charge in [-0.1, -0.05) is 6.07 Å². The molecule has 1 aromatic rings. The monoisotopic (exact) mass is 189 g/mol. The molecule has 1 heterocycles. The average molecular weight is 189 g/mol. The minimum Gasteiger partial charge on any atom is -0.369 e. The van der Waals surface area contributed by atoms with E-state index in [2.05, 4.69) is 42.0 Å². The van der Waals surface area contributed by atoms with E-state index in [-0.39, 0.29) is 0 Å². The lowest BCUT2D eigenvalue weighted by Gasteiger charge is -2.34. The van der Waals surface area contributed by atoms with Gasteiger partial charge in [0.15, 0.2) is 0 Å². The minimum absolute atomic E-state index is 1.14. The molecule has 14 heavy (non-hydrogen) atoms. The number of nitrogens with zero attached hydrogens (tertiary/aromatic N) is 2. The van der Waals surface area contributed by atoms with Gasteiger partial charge in [0.05, 0.1) is 0 Å². The fourth-order valence-corrected chi connectivity index (χ4v) is 1.83. The molecule has 0 aromatic heterocycles. The van der Waals surface area contributed by atoms with E-state index in [1.165, 1.54) is 11.3 Å². The second-order valence-corrected chi connectivity index (χ2v) is 4.02. The maximum absolute atomic E-state index is 3.18. The van der Waals surface area contributed by atoms with Gasteiger partial charge in [0.1, 0.15) is 0 Å². The van der Waals surface area contributed by atoms with Crippen LogP contribution in [0.25, 0.3) is 0 Å². The summed E-state index contributed by atoms with van der Waals surface area (Å²) in [5, 5.41) is 0. The summed E-state index contributed by atoms with van der Waals surface area (Å²) in [5.41, 5.74) is 2.57. The molecule has 2 nitrogen and oxygen atoms in total. The van der Waals surface area contributed by atoms with Crippen LogP contribution in [0.5, 0.6) is 0 Å². The maximum atomic E-state index is 3.18. The van der Waals surface area contributed by atoms with Crippen LogP contribution in [0.1, 0.15) is 5.56 Å². The van der Waals surface area contributed by atoms with Crippen molar-refractivity contribution in [1.29, 1.82) is 0 Å². The first kappa shape index (κ1) is 9.53. The molecule has 0 bridgehead atoms. The zero-order chi connectivity index (χ0) is 9.97. The number of anilines is 1. The van der Waals surface area contributed by atoms with Gasteiger partial charge in [0, 0.05) is 31.9 Å². The van der Waals surface area contributed by atoms with E-state index >= 15 is 0 Å². The second kappa shape index (κ2) is 4.01. The van der Waals surface area contributed by atoms with Gasteiger partial charge in [-0.05, 0) is 37.7 Å². The summed E-state index contributed by atoms with van der Waals surface area (Å²) < 4.78 is 0. The normalized spacial score (nSPS) is 18.6. The predicted molar refractivity (Wildman–Crippen MR) is 59.7 cm³/mol. The second-order valence-electron chi connectivity index (χ2n) is 4.02. The Balaban J connectivity index is 2.08. The van der Waals surface area contributed by atoms with E-state index in [1.54, 1.807) is 0 Å². The Hall–Kier alpha value is -1.02. The molecule has 0 N–H and O–H groups in total. The van der Waals surface area contributed by atoms with Crippen molar-refractivity contribution in [1.82, 2.24) is 4.90 Å². The van der Waals surface area contributed by atoms with Gasteiger partial charge in [-0.15, -0.1) is 0 Å². The number of piperazine rings is 1. The molecule has 0 atom stereocenters. The van der Waals surface area contributed by atoms with Gasteiger partial charge in [0.2, 0.25) is 0 Å². The van der Waals surface area contributed by atoms with Crippen molar-refractivity contribution in [2.75, 3.05) is 38.1 Å². The standard InChI is InChI=1S/C12H17N2/c1-11-4-3-5-12(10-11)14-8-6-13(2)7-9-14/h3,5,10H,6-9H2,1-2H3. The summed E-state index contributed by atoms with van der Waals surface area (Å²) in [6.07, 6.45) is 0. The van der Waals surface area contributed by atoms with Crippen molar-refractivity contribution in [2.45, 2.75) is 6.92 Å². The Kier molecular flexibility index (Phi) is 2.73. The van der Waals surface area contributed by atoms with Gasteiger partial charge in [-0.2, -0.15) is 0 Å². The topological polar surface area (TPSA) is 6.48 Å². The van der Waals surface area contributed by atoms with Crippen molar-refractivity contribution in [3.8, 4) is 0 Å². The smallest absolute Gasteiger partial charge is 0.0370 e. The number of aryl methyl sites for hydroxylation is 1. The maximum Gasteiger partial charge on any atom is 0.0370 e. The van der Waals surface area contributed by atoms with Crippen LogP contribution in [-0.2, 0) is 0 Å². The Morgan fingerprint density at radius 1 is 1.21 bits per heavy atom. The number of hydrogen-bond acceptors (Lipinski definition) is 2. The van der Waals surface area contributed by atoms with Gasteiger partial charge in [0.25, 0.3) is 0 Å². The van der Waals surface area contributed by atoms with Crippen LogP contribution in [0, 0.1) is 13.0 Å². The van der Waals surface area contributed by atoms with Crippen molar-refractivity contribution in [3.05, 3.63) is 29.8 Å². The largest absolute Gasteiger partial charge is 0.369 e. The third kappa shape index (κ3) is 2.07. The number of rotatable bonds is 1. The van der Waals surface area contributed by atoms with Crippen LogP contribution < -0.4 is 4.90 Å². The van der Waals surface area contributed by atoms with E-state index < -0.39 is 0 Å². The third-order valence-electron chi connectivity index (χ3n) is 2.80. The first-order chi connectivity index (χ1) is 6.75. The molecule has 1 saturated heterocycles. The van der Waals surface area contributed by atoms with E-state index in [4.69, 9.17) is 0 Å². The molecule has 2 heteroatoms. The first-order valence-corrected chi connectivity index (χ1v) is 5.17. The molecule has 1 fully saturated rings. The highest BCUT2D eigenvalue weighted by Gasteiger charge is 2.13. The molecule has 1 aliphatic rings. The summed E-state index contributed by atoms with van der Waals surface area (Å²) >= 11 is 0. The molecule has 75 valence electrons. The third-order valence-corrected chi connectivity index (χ3v) is 2.80. The number of likely N-dealkylation sites (N-methyl/N-ethyl adjacent to an activating group) is 1. The quantitative estimate of drug-likeness (QED) is 0.661. The van der Waals surface area contributed by atoms with Crippen LogP contribution in [-0.4, -0.2) is 38.1 Å². The highest BCUT2D eigenvalue weighted by Crippen LogP contribution is 2.16. The molecular formula is C12H17N2. The van der Waals surface area contributed by atoms with Crippen molar-refractivity contribution >= 4 is 5.69 Å². The molecule has 0 unspecified atom stereocenters. The Morgan fingerprint density at radius 2 is 1.93 bits per heavy atom. The molecule has 1 radical (unpaired) electrons. The van der Waals surface area contributed by atoms with Gasteiger partial charge in [-0.3, -0.25) is 0 Å². The number of hydrogen-bond donors (Lipinski definition) is 0. The Morgan fingerprint density at radius 3 is 2.57 bits per heavy atom. The summed E-state index contributed by atoms with van der Waals surface area (Å²) in [6, 6.07) is 9.56. The highest BCUT2D eigenvalue weighted by atomic mass is 15.2. The van der Waals surface area contributed by atoms with Crippen LogP contribution >= 0.6 is 0 Å². The van der Waals surface area contributed by atoms with Crippen LogP contribution in [0.4, 0.5) is 5.69 Å². The SMILES string of the molecule is Cc1[c]ccc(N2CCN(C)CC2)c1. The molecule has 2 rings (SSSR count). The fraction of sp³-hybridized carbons (Fsp3) is 0.500. The molecule has 0 saturated carbocycles. The van der Waals surface area contributed by atoms with E-state index in [0.29, 0.717) is 0 Å². The van der Waals surface area contributed by atoms with E-state index in [9.17, 15) is 0 Å². The summed E-state index contributed by atoms with van der Waals surface area (Å²) in [4.78, 5) is 4.82. The molecule has 1 aromatic carbocycles. The molecular weight excluding hydrogens is 172 g/mol. The zero-order valence-electron chi connectivity index (χ0n) is 8.95. The van der Waals surface area contributed by atoms with Crippen molar-refractivity contribution < 1.29 is 0 Å². The van der Waals surface area contributed by atoms with Crippen molar-refractivity contribution in [2.24, 2.45) is 0 Å². The summed E-state index contributed by atoms with van der Waals surface area (Å²) in [6.45, 7) is 6.70. The average Bonchev–Trinajstić information content (AvgIpc) is 2.19. The lowest BCUT2D eigenvalue weighted by Crippen LogP contribution is -2.44. The van der Waals surface area contributed by atoms with E-state index in [0.717, 1.165) is 26.2 Å². The van der Waals surface area contributed by atoms with Crippen LogP contribution in [0.3, 0.4) is 0 Å². The van der Waals surface area contributed by atoms with Gasteiger partial charge >= 0.3 is 0 Å². The summed E-state index contributed by atoms with van der Waals surface area (Å²) in [7, 11) is 2.18. The highest BCUT2D eigenvalue weighted by molar-refractivity contribution is 5.48. The Bertz CT molecular complexity index is 301. The fourth-order valence-electron chi connectivity index (χ4n) is 1.83. The summed E-state index contributed by atoms with van der Waals surface area (Å²) in [5.74, 6) is 0. The molecule has 1 aliphatic heterocycles. The van der Waals surface area contributed by atoms with E-state index in [1.807, 2.05) is 6.07 Å². The molecule has 0 amide bonds. The van der Waals surface area contributed by atoms with Gasteiger partial charge < -0.3 is 9.80 Å².